The fourth-order valence-corrected chi connectivity index (χ4v) is 4.53. The first kappa shape index (κ1) is 16.5. The zero-order valence-electron chi connectivity index (χ0n) is 15.2. The molecule has 7 heteroatoms. The normalized spacial score (nSPS) is 24.7. The highest BCUT2D eigenvalue weighted by Crippen LogP contribution is 2.38. The van der Waals surface area contributed by atoms with Gasteiger partial charge in [0.2, 0.25) is 5.56 Å². The minimum atomic E-state index is -0.188. The Kier molecular flexibility index (Phi) is 3.95. The van der Waals surface area contributed by atoms with E-state index >= 15 is 0 Å². The highest BCUT2D eigenvalue weighted by atomic mass is 16.2. The number of anilines is 1. The van der Waals surface area contributed by atoms with Crippen LogP contribution in [0.5, 0.6) is 0 Å². The lowest BCUT2D eigenvalue weighted by Crippen LogP contribution is -2.33. The van der Waals surface area contributed by atoms with Crippen molar-refractivity contribution in [2.75, 3.05) is 31.1 Å². The Morgan fingerprint density at radius 2 is 1.85 bits per heavy atom. The largest absolute Gasteiger partial charge is 0.356 e. The molecule has 7 nitrogen and oxygen atoms in total. The van der Waals surface area contributed by atoms with Crippen molar-refractivity contribution < 1.29 is 4.79 Å². The molecule has 1 amide bonds. The summed E-state index contributed by atoms with van der Waals surface area (Å²) in [6, 6.07) is 5.17. The first-order valence-corrected chi connectivity index (χ1v) is 9.72. The number of pyridine rings is 1. The number of likely N-dealkylation sites (tertiary alicyclic amines) is 1. The minimum absolute atomic E-state index is 0.00139. The SMILES string of the molecule is O=C(c1ccc(=O)[nH]c1)N1CC2CN(c3cc(C4CCC4)ncn3)CC2C1. The highest BCUT2D eigenvalue weighted by molar-refractivity contribution is 5.94. The summed E-state index contributed by atoms with van der Waals surface area (Å²) in [6.07, 6.45) is 6.99. The number of nitrogens with one attached hydrogen (secondary N) is 1. The lowest BCUT2D eigenvalue weighted by Gasteiger charge is -2.26. The van der Waals surface area contributed by atoms with E-state index in [0.717, 1.165) is 32.0 Å². The maximum atomic E-state index is 12.7. The molecule has 140 valence electrons. The summed E-state index contributed by atoms with van der Waals surface area (Å²) in [5.74, 6) is 2.58. The molecule has 2 aliphatic heterocycles. The number of hydrogen-bond donors (Lipinski definition) is 1. The fraction of sp³-hybridized carbons (Fsp3) is 0.500. The topological polar surface area (TPSA) is 82.2 Å². The number of aromatic nitrogens is 3. The molecule has 2 aromatic heterocycles. The third kappa shape index (κ3) is 3.01. The molecule has 0 aromatic carbocycles. The molecule has 1 aliphatic carbocycles. The van der Waals surface area contributed by atoms with Gasteiger partial charge >= 0.3 is 0 Å². The summed E-state index contributed by atoms with van der Waals surface area (Å²) in [7, 11) is 0. The van der Waals surface area contributed by atoms with E-state index in [1.54, 1.807) is 12.4 Å². The third-order valence-corrected chi connectivity index (χ3v) is 6.33. The number of fused-ring (bicyclic) bond motifs is 1. The van der Waals surface area contributed by atoms with Gasteiger partial charge < -0.3 is 14.8 Å². The average Bonchev–Trinajstić information content (AvgIpc) is 3.20. The van der Waals surface area contributed by atoms with Crippen LogP contribution in [-0.4, -0.2) is 51.9 Å². The van der Waals surface area contributed by atoms with E-state index in [4.69, 9.17) is 0 Å². The van der Waals surface area contributed by atoms with Crippen molar-refractivity contribution in [2.24, 2.45) is 11.8 Å². The molecule has 2 atom stereocenters. The first-order valence-electron chi connectivity index (χ1n) is 9.72. The molecule has 4 heterocycles. The molecule has 0 radical (unpaired) electrons. The molecule has 27 heavy (non-hydrogen) atoms. The van der Waals surface area contributed by atoms with Gasteiger partial charge in [0.25, 0.3) is 5.91 Å². The number of nitrogens with zero attached hydrogens (tertiary/aromatic N) is 4. The van der Waals surface area contributed by atoms with Crippen molar-refractivity contribution in [1.82, 2.24) is 19.9 Å². The Morgan fingerprint density at radius 3 is 2.48 bits per heavy atom. The van der Waals surface area contributed by atoms with Crippen LogP contribution in [0.15, 0.2) is 35.5 Å². The molecular formula is C20H23N5O2. The molecular weight excluding hydrogens is 342 g/mol. The van der Waals surface area contributed by atoms with E-state index in [2.05, 4.69) is 25.9 Å². The number of aromatic amines is 1. The fourth-order valence-electron chi connectivity index (χ4n) is 4.53. The Morgan fingerprint density at radius 1 is 1.07 bits per heavy atom. The van der Waals surface area contributed by atoms with E-state index in [9.17, 15) is 9.59 Å². The zero-order valence-corrected chi connectivity index (χ0v) is 15.2. The maximum Gasteiger partial charge on any atom is 0.255 e. The van der Waals surface area contributed by atoms with Crippen LogP contribution in [0, 0.1) is 11.8 Å². The van der Waals surface area contributed by atoms with Crippen molar-refractivity contribution >= 4 is 11.7 Å². The van der Waals surface area contributed by atoms with Crippen LogP contribution in [0.2, 0.25) is 0 Å². The molecule has 0 spiro atoms. The summed E-state index contributed by atoms with van der Waals surface area (Å²) in [5, 5.41) is 0. The van der Waals surface area contributed by atoms with Crippen LogP contribution >= 0.6 is 0 Å². The lowest BCUT2D eigenvalue weighted by atomic mass is 9.83. The first-order chi connectivity index (χ1) is 13.2. The van der Waals surface area contributed by atoms with Crippen LogP contribution in [-0.2, 0) is 0 Å². The Hall–Kier alpha value is -2.70. The second kappa shape index (κ2) is 6.48. The van der Waals surface area contributed by atoms with Gasteiger partial charge in [-0.05, 0) is 18.9 Å². The summed E-state index contributed by atoms with van der Waals surface area (Å²) >= 11 is 0. The van der Waals surface area contributed by atoms with Crippen LogP contribution in [0.1, 0.15) is 41.2 Å². The molecule has 2 saturated heterocycles. The Balaban J connectivity index is 1.25. The van der Waals surface area contributed by atoms with E-state index in [-0.39, 0.29) is 11.5 Å². The van der Waals surface area contributed by atoms with Crippen molar-refractivity contribution in [1.29, 1.82) is 0 Å². The van der Waals surface area contributed by atoms with E-state index in [0.29, 0.717) is 23.3 Å². The summed E-state index contributed by atoms with van der Waals surface area (Å²) in [4.78, 5) is 39.7. The van der Waals surface area contributed by atoms with Gasteiger partial charge in [-0.25, -0.2) is 9.97 Å². The lowest BCUT2D eigenvalue weighted by molar-refractivity contribution is 0.0782. The number of carbonyl (C=O) groups is 1. The summed E-state index contributed by atoms with van der Waals surface area (Å²) < 4.78 is 0. The minimum Gasteiger partial charge on any atom is -0.356 e. The van der Waals surface area contributed by atoms with Crippen LogP contribution < -0.4 is 10.5 Å². The molecule has 3 fully saturated rings. The highest BCUT2D eigenvalue weighted by Gasteiger charge is 2.42. The zero-order chi connectivity index (χ0) is 18.4. The molecule has 1 saturated carbocycles. The van der Waals surface area contributed by atoms with Crippen molar-refractivity contribution in [3.63, 3.8) is 0 Å². The second-order valence-corrected chi connectivity index (χ2v) is 8.01. The maximum absolute atomic E-state index is 12.7. The van der Waals surface area contributed by atoms with Crippen LogP contribution in [0.25, 0.3) is 0 Å². The standard InChI is InChI=1S/C20H23N5O2/c26-19-5-4-14(7-21-19)20(27)25-10-15-8-24(9-16(15)11-25)18-6-17(22-12-23-18)13-2-1-3-13/h4-7,12-13,15-16H,1-3,8-11H2,(H,21,26). The van der Waals surface area contributed by atoms with Gasteiger partial charge in [0.05, 0.1) is 5.56 Å². The van der Waals surface area contributed by atoms with Crippen molar-refractivity contribution in [3.05, 3.63) is 52.3 Å². The predicted molar refractivity (Wildman–Crippen MR) is 101 cm³/mol. The van der Waals surface area contributed by atoms with Gasteiger partial charge in [-0.15, -0.1) is 0 Å². The van der Waals surface area contributed by atoms with Gasteiger partial charge in [-0.2, -0.15) is 0 Å². The van der Waals surface area contributed by atoms with E-state index < -0.39 is 0 Å². The number of H-pyrrole nitrogens is 1. The molecule has 2 aromatic rings. The van der Waals surface area contributed by atoms with Crippen molar-refractivity contribution in [3.8, 4) is 0 Å². The van der Waals surface area contributed by atoms with E-state index in [1.165, 1.54) is 37.2 Å². The van der Waals surface area contributed by atoms with Crippen LogP contribution in [0.3, 0.4) is 0 Å². The smallest absolute Gasteiger partial charge is 0.255 e. The number of rotatable bonds is 3. The Bertz CT molecular complexity index is 888. The molecule has 3 aliphatic rings. The van der Waals surface area contributed by atoms with Gasteiger partial charge in [0, 0.05) is 68.0 Å². The molecule has 0 bridgehead atoms. The van der Waals surface area contributed by atoms with Gasteiger partial charge in [0.1, 0.15) is 12.1 Å². The average molecular weight is 365 g/mol. The van der Waals surface area contributed by atoms with Gasteiger partial charge in [-0.3, -0.25) is 9.59 Å². The third-order valence-electron chi connectivity index (χ3n) is 6.33. The quantitative estimate of drug-likeness (QED) is 0.894. The predicted octanol–water partition coefficient (Wildman–Crippen LogP) is 1.64. The monoisotopic (exact) mass is 365 g/mol. The van der Waals surface area contributed by atoms with Crippen molar-refractivity contribution in [2.45, 2.75) is 25.2 Å². The number of carbonyl (C=O) groups excluding carboxylic acids is 1. The van der Waals surface area contributed by atoms with Gasteiger partial charge in [0.15, 0.2) is 0 Å². The summed E-state index contributed by atoms with van der Waals surface area (Å²) in [5.41, 5.74) is 1.54. The second-order valence-electron chi connectivity index (χ2n) is 8.01. The molecule has 5 rings (SSSR count). The number of amides is 1. The number of hydrogen-bond acceptors (Lipinski definition) is 5. The van der Waals surface area contributed by atoms with E-state index in [1.807, 2.05) is 4.90 Å². The molecule has 1 N–H and O–H groups in total. The molecule has 2 unspecified atom stereocenters. The van der Waals surface area contributed by atoms with Crippen LogP contribution in [0.4, 0.5) is 5.82 Å². The summed E-state index contributed by atoms with van der Waals surface area (Å²) in [6.45, 7) is 3.39. The van der Waals surface area contributed by atoms with Gasteiger partial charge in [-0.1, -0.05) is 6.42 Å². The Labute approximate surface area is 157 Å².